The number of para-hydroxylation sites is 1. The highest BCUT2D eigenvalue weighted by atomic mass is 16.5. The van der Waals surface area contributed by atoms with Gasteiger partial charge in [0, 0.05) is 57.5 Å². The number of likely N-dealkylation sites (N-methyl/N-ethyl adjacent to an activating group) is 1. The van der Waals surface area contributed by atoms with Gasteiger partial charge in [0.1, 0.15) is 23.6 Å². The van der Waals surface area contributed by atoms with Crippen molar-refractivity contribution in [3.05, 3.63) is 73.1 Å². The van der Waals surface area contributed by atoms with E-state index in [-0.39, 0.29) is 5.91 Å². The fraction of sp³-hybridized carbons (Fsp3) is 0.459. The van der Waals surface area contributed by atoms with Crippen LogP contribution in [0.2, 0.25) is 0 Å². The molecule has 1 amide bonds. The van der Waals surface area contributed by atoms with Gasteiger partial charge in [-0.05, 0) is 102 Å². The van der Waals surface area contributed by atoms with Crippen LogP contribution in [0.15, 0.2) is 73.1 Å². The lowest BCUT2D eigenvalue weighted by molar-refractivity contribution is -0.126. The first-order valence-electron chi connectivity index (χ1n) is 17.6. The quantitative estimate of drug-likeness (QED) is 0.177. The zero-order valence-corrected chi connectivity index (χ0v) is 28.8. The van der Waals surface area contributed by atoms with E-state index in [1.54, 1.807) is 6.08 Å². The van der Waals surface area contributed by atoms with Gasteiger partial charge in [0.15, 0.2) is 5.65 Å². The van der Waals surface area contributed by atoms with Crippen LogP contribution in [0.1, 0.15) is 32.1 Å². The first-order valence-corrected chi connectivity index (χ1v) is 17.6. The molecule has 6 rings (SSSR count). The predicted molar refractivity (Wildman–Crippen MR) is 196 cm³/mol. The second kappa shape index (κ2) is 19.0. The maximum absolute atomic E-state index is 12.1. The maximum atomic E-state index is 12.1. The smallest absolute Gasteiger partial charge is 0.246 e. The largest absolute Gasteiger partial charge is 0.457 e. The number of nitrogens with one attached hydrogen (secondary N) is 1. The van der Waals surface area contributed by atoms with Crippen LogP contribution in [0.5, 0.6) is 11.5 Å². The van der Waals surface area contributed by atoms with Gasteiger partial charge in [0.2, 0.25) is 5.91 Å². The number of fused-ring (bicyclic) bond motifs is 1. The molecule has 5 N–H and O–H groups in total. The fourth-order valence-electron chi connectivity index (χ4n) is 6.16. The number of nitrogen functional groups attached to an aromatic ring is 1. The van der Waals surface area contributed by atoms with Crippen LogP contribution in [0.25, 0.3) is 22.3 Å². The Morgan fingerprint density at radius 2 is 1.57 bits per heavy atom. The number of piperidine rings is 1. The molecule has 262 valence electrons. The van der Waals surface area contributed by atoms with Crippen molar-refractivity contribution in [2.45, 2.75) is 32.1 Å². The standard InChI is InChI=1S/C20H39N5O.C17H13N5O/c1-22(10-5-8-20(26)25-14-3-2-4-15-25)11-7-13-24-18-16-23(17-19-24)12-6-9-21;18-16-14-15(21-22-17(14)20-10-19-16)11-6-8-13(9-7-11)23-12-4-2-1-3-5-12/h5,8H,2-4,6-7,9-19,21H2,1H3;1-10H,(H3,18,19,20,21,22)/b8-5+;. The molecule has 0 aliphatic carbocycles. The number of aromatic nitrogens is 4. The summed E-state index contributed by atoms with van der Waals surface area (Å²) in [6, 6.07) is 17.3. The Hall–Kier alpha value is -4.36. The van der Waals surface area contributed by atoms with E-state index in [0.29, 0.717) is 11.5 Å². The minimum absolute atomic E-state index is 0.186. The van der Waals surface area contributed by atoms with Crippen LogP contribution < -0.4 is 16.2 Å². The van der Waals surface area contributed by atoms with Crippen LogP contribution in [0, 0.1) is 0 Å². The summed E-state index contributed by atoms with van der Waals surface area (Å²) in [6.45, 7) is 11.6. The minimum Gasteiger partial charge on any atom is -0.457 e. The Labute approximate surface area is 290 Å². The summed E-state index contributed by atoms with van der Waals surface area (Å²) in [7, 11) is 2.14. The summed E-state index contributed by atoms with van der Waals surface area (Å²) >= 11 is 0. The van der Waals surface area contributed by atoms with E-state index < -0.39 is 0 Å². The molecule has 4 aromatic rings. The van der Waals surface area contributed by atoms with E-state index in [1.165, 1.54) is 51.9 Å². The van der Waals surface area contributed by atoms with Gasteiger partial charge in [-0.15, -0.1) is 0 Å². The molecule has 0 bridgehead atoms. The molecular formula is C37H52N10O2. The van der Waals surface area contributed by atoms with Crippen LogP contribution >= 0.6 is 0 Å². The van der Waals surface area contributed by atoms with E-state index in [4.69, 9.17) is 16.2 Å². The Balaban J connectivity index is 0.000000192. The van der Waals surface area contributed by atoms with Crippen molar-refractivity contribution < 1.29 is 9.53 Å². The topological polar surface area (TPSA) is 146 Å². The number of nitrogens with two attached hydrogens (primary N) is 2. The van der Waals surface area contributed by atoms with Gasteiger partial charge < -0.3 is 35.8 Å². The highest BCUT2D eigenvalue weighted by Gasteiger charge is 2.17. The Morgan fingerprint density at radius 3 is 2.27 bits per heavy atom. The van der Waals surface area contributed by atoms with E-state index in [9.17, 15) is 4.79 Å². The predicted octanol–water partition coefficient (Wildman–Crippen LogP) is 4.24. The summed E-state index contributed by atoms with van der Waals surface area (Å²) in [5.74, 6) is 2.15. The number of carbonyl (C=O) groups excluding carboxylic acids is 1. The molecule has 2 fully saturated rings. The van der Waals surface area contributed by atoms with E-state index >= 15 is 0 Å². The Kier molecular flexibility index (Phi) is 13.9. The summed E-state index contributed by atoms with van der Waals surface area (Å²) in [5.41, 5.74) is 13.8. The van der Waals surface area contributed by atoms with E-state index in [0.717, 1.165) is 86.7 Å². The van der Waals surface area contributed by atoms with Crippen molar-refractivity contribution >= 4 is 22.8 Å². The van der Waals surface area contributed by atoms with E-state index in [1.807, 2.05) is 65.6 Å². The van der Waals surface area contributed by atoms with Crippen molar-refractivity contribution in [3.8, 4) is 22.8 Å². The van der Waals surface area contributed by atoms with Gasteiger partial charge in [-0.25, -0.2) is 9.97 Å². The number of rotatable bonds is 13. The lowest BCUT2D eigenvalue weighted by Crippen LogP contribution is -2.47. The lowest BCUT2D eigenvalue weighted by atomic mass is 10.1. The molecule has 0 unspecified atom stereocenters. The molecule has 12 heteroatoms. The molecule has 2 aliphatic heterocycles. The number of hydrogen-bond acceptors (Lipinski definition) is 10. The molecule has 0 atom stereocenters. The van der Waals surface area contributed by atoms with Gasteiger partial charge in [-0.2, -0.15) is 5.10 Å². The van der Waals surface area contributed by atoms with Crippen LogP contribution in [0.3, 0.4) is 0 Å². The summed E-state index contributed by atoms with van der Waals surface area (Å²) in [4.78, 5) is 29.6. The summed E-state index contributed by atoms with van der Waals surface area (Å²) in [6.07, 6.45) is 11.1. The van der Waals surface area contributed by atoms with Crippen LogP contribution in [-0.2, 0) is 4.79 Å². The summed E-state index contributed by atoms with van der Waals surface area (Å²) in [5, 5.41) is 7.85. The molecule has 0 radical (unpaired) electrons. The van der Waals surface area contributed by atoms with Crippen molar-refractivity contribution in [2.24, 2.45) is 5.73 Å². The minimum atomic E-state index is 0.186. The number of anilines is 1. The first-order chi connectivity index (χ1) is 24.0. The van der Waals surface area contributed by atoms with Crippen LogP contribution in [-0.4, -0.2) is 125 Å². The number of carbonyl (C=O) groups is 1. The third-order valence-electron chi connectivity index (χ3n) is 9.00. The summed E-state index contributed by atoms with van der Waals surface area (Å²) < 4.78 is 5.79. The maximum Gasteiger partial charge on any atom is 0.246 e. The number of amides is 1. The number of ether oxygens (including phenoxy) is 1. The van der Waals surface area contributed by atoms with Crippen molar-refractivity contribution in [1.29, 1.82) is 0 Å². The van der Waals surface area contributed by atoms with E-state index in [2.05, 4.69) is 41.9 Å². The second-order valence-corrected chi connectivity index (χ2v) is 12.7. The third-order valence-corrected chi connectivity index (χ3v) is 9.00. The SMILES string of the molecule is CN(C/C=C/C(=O)N1CCCCC1)CCCN1CCN(CCCN)CC1.Nc1ncnc2n[nH]c(-c3ccc(Oc4ccccc4)cc3)c12. The zero-order chi connectivity index (χ0) is 34.3. The van der Waals surface area contributed by atoms with Crippen molar-refractivity contribution in [2.75, 3.05) is 84.8 Å². The number of aromatic amines is 1. The lowest BCUT2D eigenvalue weighted by Gasteiger charge is -2.34. The monoisotopic (exact) mass is 668 g/mol. The molecule has 0 saturated carbocycles. The average Bonchev–Trinajstić information content (AvgIpc) is 3.58. The molecule has 2 aliphatic rings. The molecule has 0 spiro atoms. The number of hydrogen-bond donors (Lipinski definition) is 3. The van der Waals surface area contributed by atoms with Gasteiger partial charge in [-0.1, -0.05) is 24.3 Å². The highest BCUT2D eigenvalue weighted by Crippen LogP contribution is 2.30. The number of piperazine rings is 1. The fourth-order valence-corrected chi connectivity index (χ4v) is 6.16. The Bertz CT molecular complexity index is 1580. The molecule has 2 aromatic carbocycles. The second-order valence-electron chi connectivity index (χ2n) is 12.7. The third kappa shape index (κ3) is 11.1. The van der Waals surface area contributed by atoms with Gasteiger partial charge in [0.25, 0.3) is 0 Å². The number of H-pyrrole nitrogens is 1. The molecule has 49 heavy (non-hydrogen) atoms. The van der Waals surface area contributed by atoms with Gasteiger partial charge in [-0.3, -0.25) is 9.89 Å². The highest BCUT2D eigenvalue weighted by molar-refractivity contribution is 5.97. The van der Waals surface area contributed by atoms with Gasteiger partial charge >= 0.3 is 0 Å². The van der Waals surface area contributed by atoms with Crippen molar-refractivity contribution in [3.63, 3.8) is 0 Å². The molecule has 2 aromatic heterocycles. The molecule has 12 nitrogen and oxygen atoms in total. The van der Waals surface area contributed by atoms with Crippen LogP contribution in [0.4, 0.5) is 5.82 Å². The number of benzene rings is 2. The zero-order valence-electron chi connectivity index (χ0n) is 28.8. The average molecular weight is 669 g/mol. The Morgan fingerprint density at radius 1 is 0.898 bits per heavy atom. The number of likely N-dealkylation sites (tertiary alicyclic amines) is 1. The molecule has 4 heterocycles. The molecular weight excluding hydrogens is 616 g/mol. The van der Waals surface area contributed by atoms with Crippen molar-refractivity contribution in [1.82, 2.24) is 39.8 Å². The van der Waals surface area contributed by atoms with Gasteiger partial charge in [0.05, 0.1) is 11.1 Å². The number of nitrogens with zero attached hydrogens (tertiary/aromatic N) is 7. The normalized spacial score (nSPS) is 15.9. The first kappa shape index (κ1) is 35.9. The molecule has 2 saturated heterocycles.